The second-order valence-electron chi connectivity index (χ2n) is 5.89. The van der Waals surface area contributed by atoms with E-state index in [2.05, 4.69) is 20.5 Å². The van der Waals surface area contributed by atoms with E-state index in [0.29, 0.717) is 41.2 Å². The number of carbonyl (C=O) groups excluding carboxylic acids is 1. The van der Waals surface area contributed by atoms with Crippen molar-refractivity contribution in [3.63, 3.8) is 0 Å². The van der Waals surface area contributed by atoms with E-state index in [1.165, 1.54) is 6.07 Å². The van der Waals surface area contributed by atoms with E-state index in [9.17, 15) is 4.79 Å². The highest BCUT2D eigenvalue weighted by molar-refractivity contribution is 6.42. The molecule has 0 unspecified atom stereocenters. The van der Waals surface area contributed by atoms with Gasteiger partial charge in [-0.25, -0.2) is 0 Å². The molecule has 0 bridgehead atoms. The summed E-state index contributed by atoms with van der Waals surface area (Å²) < 4.78 is 5.31. The average Bonchev–Trinajstić information content (AvgIpc) is 2.65. The van der Waals surface area contributed by atoms with Gasteiger partial charge < -0.3 is 21.1 Å². The summed E-state index contributed by atoms with van der Waals surface area (Å²) in [6, 6.07) is 4.76. The van der Waals surface area contributed by atoms with Crippen LogP contribution >= 0.6 is 23.2 Å². The molecule has 0 saturated carbocycles. The lowest BCUT2D eigenvalue weighted by molar-refractivity contribution is 0.0377. The van der Waals surface area contributed by atoms with E-state index < -0.39 is 0 Å². The minimum Gasteiger partial charge on any atom is -0.379 e. The molecule has 1 aliphatic heterocycles. The third-order valence-electron chi connectivity index (χ3n) is 3.92. The Morgan fingerprint density at radius 1 is 1.19 bits per heavy atom. The third kappa shape index (κ3) is 7.37. The number of amides is 1. The van der Waals surface area contributed by atoms with Crippen molar-refractivity contribution in [2.24, 2.45) is 10.7 Å². The van der Waals surface area contributed by atoms with Gasteiger partial charge in [0.05, 0.1) is 23.3 Å². The Labute approximate surface area is 163 Å². The molecule has 0 radical (unpaired) electrons. The molecule has 1 saturated heterocycles. The molecule has 0 atom stereocenters. The summed E-state index contributed by atoms with van der Waals surface area (Å²) in [6.07, 6.45) is 0.955. The number of benzene rings is 1. The summed E-state index contributed by atoms with van der Waals surface area (Å²) in [5, 5.41) is 6.53. The molecule has 0 spiro atoms. The molecule has 1 amide bonds. The van der Waals surface area contributed by atoms with E-state index in [0.717, 1.165) is 39.3 Å². The number of rotatable bonds is 8. The number of ether oxygens (including phenoxy) is 1. The Kier molecular flexibility index (Phi) is 8.97. The van der Waals surface area contributed by atoms with Gasteiger partial charge in [0.2, 0.25) is 0 Å². The predicted octanol–water partition coefficient (Wildman–Crippen LogP) is 1.35. The molecule has 2 rings (SSSR count). The molecular formula is C17H25Cl2N5O2. The number of nitrogens with zero attached hydrogens (tertiary/aromatic N) is 2. The van der Waals surface area contributed by atoms with E-state index in [1.54, 1.807) is 12.1 Å². The lowest BCUT2D eigenvalue weighted by Crippen LogP contribution is -2.39. The number of carbonyl (C=O) groups is 1. The number of guanidine groups is 1. The van der Waals surface area contributed by atoms with Crippen LogP contribution in [0.2, 0.25) is 10.0 Å². The van der Waals surface area contributed by atoms with Crippen LogP contribution in [0.4, 0.5) is 0 Å². The van der Waals surface area contributed by atoms with E-state index >= 15 is 0 Å². The van der Waals surface area contributed by atoms with Gasteiger partial charge in [0, 0.05) is 44.8 Å². The van der Waals surface area contributed by atoms with Crippen LogP contribution in [0.25, 0.3) is 0 Å². The Morgan fingerprint density at radius 2 is 1.92 bits per heavy atom. The topological polar surface area (TPSA) is 92.0 Å². The Morgan fingerprint density at radius 3 is 2.65 bits per heavy atom. The normalized spacial score (nSPS) is 15.7. The van der Waals surface area contributed by atoms with Crippen LogP contribution in [0, 0.1) is 0 Å². The van der Waals surface area contributed by atoms with E-state index in [1.807, 2.05) is 0 Å². The van der Waals surface area contributed by atoms with Crippen molar-refractivity contribution in [1.82, 2.24) is 15.5 Å². The molecule has 26 heavy (non-hydrogen) atoms. The second kappa shape index (κ2) is 11.2. The van der Waals surface area contributed by atoms with Crippen LogP contribution in [-0.4, -0.2) is 69.2 Å². The molecule has 9 heteroatoms. The van der Waals surface area contributed by atoms with E-state index in [-0.39, 0.29) is 5.91 Å². The van der Waals surface area contributed by atoms with Gasteiger partial charge in [-0.3, -0.25) is 14.7 Å². The van der Waals surface area contributed by atoms with Crippen molar-refractivity contribution in [2.75, 3.05) is 52.5 Å². The molecule has 1 aromatic carbocycles. The zero-order valence-electron chi connectivity index (χ0n) is 14.6. The number of nitrogens with one attached hydrogen (secondary N) is 2. The van der Waals surface area contributed by atoms with Crippen molar-refractivity contribution in [1.29, 1.82) is 0 Å². The molecule has 7 nitrogen and oxygen atoms in total. The molecule has 4 N–H and O–H groups in total. The summed E-state index contributed by atoms with van der Waals surface area (Å²) >= 11 is 11.7. The first-order chi connectivity index (χ1) is 12.6. The number of nitrogens with two attached hydrogens (primary N) is 1. The first-order valence-corrected chi connectivity index (χ1v) is 9.39. The van der Waals surface area contributed by atoms with Crippen LogP contribution in [-0.2, 0) is 4.74 Å². The quantitative estimate of drug-likeness (QED) is 0.347. The van der Waals surface area contributed by atoms with Gasteiger partial charge in [-0.15, -0.1) is 0 Å². The smallest absolute Gasteiger partial charge is 0.251 e. The number of hydrogen-bond donors (Lipinski definition) is 3. The van der Waals surface area contributed by atoms with Crippen LogP contribution in [0.5, 0.6) is 0 Å². The highest BCUT2D eigenvalue weighted by atomic mass is 35.5. The average molecular weight is 402 g/mol. The summed E-state index contributed by atoms with van der Waals surface area (Å²) in [7, 11) is 0. The molecule has 144 valence electrons. The van der Waals surface area contributed by atoms with Gasteiger partial charge in [0.25, 0.3) is 5.91 Å². The third-order valence-corrected chi connectivity index (χ3v) is 4.66. The minimum absolute atomic E-state index is 0.216. The largest absolute Gasteiger partial charge is 0.379 e. The number of halogens is 2. The van der Waals surface area contributed by atoms with Gasteiger partial charge >= 0.3 is 0 Å². The fourth-order valence-electron chi connectivity index (χ4n) is 2.48. The second-order valence-corrected chi connectivity index (χ2v) is 6.70. The highest BCUT2D eigenvalue weighted by Crippen LogP contribution is 2.22. The Hall–Kier alpha value is -1.54. The van der Waals surface area contributed by atoms with Gasteiger partial charge in [0.1, 0.15) is 0 Å². The van der Waals surface area contributed by atoms with Crippen molar-refractivity contribution >= 4 is 35.1 Å². The number of hydrogen-bond acceptors (Lipinski definition) is 4. The molecular weight excluding hydrogens is 377 g/mol. The number of morpholine rings is 1. The highest BCUT2D eigenvalue weighted by Gasteiger charge is 2.09. The van der Waals surface area contributed by atoms with Gasteiger partial charge in [-0.2, -0.15) is 0 Å². The standard InChI is InChI=1S/C17H25Cl2N5O2/c18-14-3-2-13(12-15(14)19)16(25)21-5-6-23-17(20)22-4-1-7-24-8-10-26-11-9-24/h2-3,12H,1,4-11H2,(H,21,25)(H3,20,22,23). The van der Waals surface area contributed by atoms with Gasteiger partial charge in [0.15, 0.2) is 5.96 Å². The zero-order chi connectivity index (χ0) is 18.8. The first kappa shape index (κ1) is 20.8. The summed E-state index contributed by atoms with van der Waals surface area (Å²) in [4.78, 5) is 18.6. The molecule has 1 fully saturated rings. The maximum absolute atomic E-state index is 12.0. The summed E-state index contributed by atoms with van der Waals surface area (Å²) in [5.74, 6) is 0.169. The Bertz CT molecular complexity index is 621. The van der Waals surface area contributed by atoms with Crippen molar-refractivity contribution in [2.45, 2.75) is 6.42 Å². The molecule has 1 heterocycles. The molecule has 1 aliphatic rings. The summed E-state index contributed by atoms with van der Waals surface area (Å²) in [6.45, 7) is 6.16. The fourth-order valence-corrected chi connectivity index (χ4v) is 2.78. The van der Waals surface area contributed by atoms with Crippen molar-refractivity contribution in [3.8, 4) is 0 Å². The lowest BCUT2D eigenvalue weighted by atomic mass is 10.2. The summed E-state index contributed by atoms with van der Waals surface area (Å²) in [5.41, 5.74) is 6.28. The van der Waals surface area contributed by atoms with Gasteiger partial charge in [-0.05, 0) is 24.6 Å². The van der Waals surface area contributed by atoms with Crippen LogP contribution in [0.15, 0.2) is 23.2 Å². The lowest BCUT2D eigenvalue weighted by Gasteiger charge is -2.26. The fraction of sp³-hybridized carbons (Fsp3) is 0.529. The minimum atomic E-state index is -0.216. The monoisotopic (exact) mass is 401 g/mol. The predicted molar refractivity (Wildman–Crippen MR) is 105 cm³/mol. The van der Waals surface area contributed by atoms with Crippen LogP contribution < -0.4 is 16.4 Å². The van der Waals surface area contributed by atoms with Crippen molar-refractivity contribution in [3.05, 3.63) is 33.8 Å². The van der Waals surface area contributed by atoms with Gasteiger partial charge in [-0.1, -0.05) is 23.2 Å². The van der Waals surface area contributed by atoms with E-state index in [4.69, 9.17) is 33.7 Å². The SMILES string of the molecule is NC(=NCCCN1CCOCC1)NCCNC(=O)c1ccc(Cl)c(Cl)c1. The first-order valence-electron chi connectivity index (χ1n) is 8.63. The zero-order valence-corrected chi connectivity index (χ0v) is 16.2. The Balaban J connectivity index is 1.57. The maximum atomic E-state index is 12.0. The van der Waals surface area contributed by atoms with Crippen LogP contribution in [0.1, 0.15) is 16.8 Å². The van der Waals surface area contributed by atoms with Crippen LogP contribution in [0.3, 0.4) is 0 Å². The van der Waals surface area contributed by atoms with Crippen molar-refractivity contribution < 1.29 is 9.53 Å². The maximum Gasteiger partial charge on any atom is 0.251 e. The molecule has 1 aromatic rings. The number of aliphatic imine (C=N–C) groups is 1. The molecule has 0 aliphatic carbocycles. The molecule has 0 aromatic heterocycles.